The number of hydrogen-bond acceptors (Lipinski definition) is 7. The van der Waals surface area contributed by atoms with Gasteiger partial charge in [-0.1, -0.05) is 31.0 Å². The summed E-state index contributed by atoms with van der Waals surface area (Å²) in [6.45, 7) is 0. The summed E-state index contributed by atoms with van der Waals surface area (Å²) in [5.74, 6) is 1.04. The lowest BCUT2D eigenvalue weighted by molar-refractivity contribution is -0.124. The van der Waals surface area contributed by atoms with Gasteiger partial charge in [-0.3, -0.25) is 9.69 Å². The molecule has 3 aliphatic rings. The number of carbonyl (C=O) groups excluding carboxylic acids is 1. The second kappa shape index (κ2) is 8.75. The zero-order chi connectivity index (χ0) is 22.2. The van der Waals surface area contributed by atoms with Gasteiger partial charge >= 0.3 is 0 Å². The Labute approximate surface area is 196 Å². The van der Waals surface area contributed by atoms with Crippen LogP contribution in [0.25, 0.3) is 0 Å². The predicted molar refractivity (Wildman–Crippen MR) is 131 cm³/mol. The number of amidine groups is 1. The van der Waals surface area contributed by atoms with Crippen LogP contribution in [0, 0.1) is 0 Å². The second-order valence-corrected chi connectivity index (χ2v) is 10.1. The first-order valence-corrected chi connectivity index (χ1v) is 12.4. The van der Waals surface area contributed by atoms with E-state index in [1.165, 1.54) is 18.2 Å². The minimum absolute atomic E-state index is 0.0357. The Morgan fingerprint density at radius 1 is 1.06 bits per heavy atom. The van der Waals surface area contributed by atoms with Crippen LogP contribution in [0.15, 0.2) is 62.3 Å². The third-order valence-electron chi connectivity index (χ3n) is 6.06. The minimum atomic E-state index is 0.0357. The SMILES string of the molecule is COc1ccc2c(c1)N(C)/C(=C1/SC(=Nc3ccc(O)cc3)N(C3CCCCC3)C1=O)S2. The van der Waals surface area contributed by atoms with Crippen LogP contribution in [0.1, 0.15) is 32.1 Å². The van der Waals surface area contributed by atoms with Crippen LogP contribution in [0.5, 0.6) is 11.5 Å². The van der Waals surface area contributed by atoms with Gasteiger partial charge in [0.2, 0.25) is 0 Å². The molecule has 1 N–H and O–H groups in total. The number of carbonyl (C=O) groups is 1. The molecule has 2 aromatic rings. The highest BCUT2D eigenvalue weighted by molar-refractivity contribution is 8.19. The number of thioether (sulfide) groups is 2. The molecule has 1 amide bonds. The summed E-state index contributed by atoms with van der Waals surface area (Å²) in [6, 6.07) is 13.0. The van der Waals surface area contributed by atoms with Crippen LogP contribution in [0.2, 0.25) is 0 Å². The van der Waals surface area contributed by atoms with Gasteiger partial charge in [-0.2, -0.15) is 0 Å². The third-order valence-corrected chi connectivity index (χ3v) is 8.47. The van der Waals surface area contributed by atoms with Crippen molar-refractivity contribution in [2.24, 2.45) is 4.99 Å². The summed E-state index contributed by atoms with van der Waals surface area (Å²) >= 11 is 3.07. The third kappa shape index (κ3) is 3.86. The summed E-state index contributed by atoms with van der Waals surface area (Å²) in [7, 11) is 3.65. The Hall–Kier alpha value is -2.58. The molecule has 2 fully saturated rings. The molecule has 0 radical (unpaired) electrons. The van der Waals surface area contributed by atoms with E-state index in [2.05, 4.69) is 4.90 Å². The number of hydrogen-bond donors (Lipinski definition) is 1. The maximum absolute atomic E-state index is 13.7. The molecule has 1 saturated carbocycles. The summed E-state index contributed by atoms with van der Waals surface area (Å²) in [5.41, 5.74) is 1.77. The molecule has 0 unspecified atom stereocenters. The van der Waals surface area contributed by atoms with Crippen LogP contribution in [-0.2, 0) is 4.79 Å². The van der Waals surface area contributed by atoms with E-state index in [4.69, 9.17) is 9.73 Å². The molecule has 2 aliphatic heterocycles. The number of aliphatic imine (C=N–C) groups is 1. The Bertz CT molecular complexity index is 1110. The summed E-state index contributed by atoms with van der Waals surface area (Å²) in [4.78, 5) is 24.4. The maximum Gasteiger partial charge on any atom is 0.269 e. The van der Waals surface area contributed by atoms with Gasteiger partial charge in [0.15, 0.2) is 5.17 Å². The molecule has 0 bridgehead atoms. The van der Waals surface area contributed by atoms with E-state index in [1.54, 1.807) is 43.1 Å². The number of aromatic hydroxyl groups is 1. The summed E-state index contributed by atoms with van der Waals surface area (Å²) < 4.78 is 5.39. The molecule has 2 aromatic carbocycles. The van der Waals surface area contributed by atoms with Crippen LogP contribution in [0.3, 0.4) is 0 Å². The van der Waals surface area contributed by atoms with Gasteiger partial charge in [0.05, 0.1) is 23.5 Å². The molecule has 5 rings (SSSR count). The van der Waals surface area contributed by atoms with E-state index < -0.39 is 0 Å². The number of rotatable bonds is 3. The Balaban J connectivity index is 1.54. The first-order valence-electron chi connectivity index (χ1n) is 10.8. The molecule has 0 spiro atoms. The van der Waals surface area contributed by atoms with Crippen molar-refractivity contribution >= 4 is 46.0 Å². The minimum Gasteiger partial charge on any atom is -0.508 e. The number of fused-ring (bicyclic) bond motifs is 1. The van der Waals surface area contributed by atoms with E-state index in [1.807, 2.05) is 30.1 Å². The maximum atomic E-state index is 13.7. The molecule has 1 aliphatic carbocycles. The molecule has 0 aromatic heterocycles. The Morgan fingerprint density at radius 3 is 2.53 bits per heavy atom. The highest BCUT2D eigenvalue weighted by Gasteiger charge is 2.42. The fourth-order valence-electron chi connectivity index (χ4n) is 4.34. The van der Waals surface area contributed by atoms with Crippen molar-refractivity contribution < 1.29 is 14.6 Å². The van der Waals surface area contributed by atoms with Gasteiger partial charge in [-0.15, -0.1) is 0 Å². The molecule has 8 heteroatoms. The topological polar surface area (TPSA) is 65.4 Å². The number of benzene rings is 2. The van der Waals surface area contributed by atoms with Gasteiger partial charge in [0.25, 0.3) is 5.91 Å². The monoisotopic (exact) mass is 467 g/mol. The van der Waals surface area contributed by atoms with Gasteiger partial charge in [-0.05, 0) is 61.0 Å². The fraction of sp³-hybridized carbons (Fsp3) is 0.333. The van der Waals surface area contributed by atoms with Crippen molar-refractivity contribution in [3.63, 3.8) is 0 Å². The fourth-order valence-corrected chi connectivity index (χ4v) is 6.73. The van der Waals surface area contributed by atoms with E-state index >= 15 is 0 Å². The van der Waals surface area contributed by atoms with E-state index in [-0.39, 0.29) is 17.7 Å². The number of phenols is 1. The largest absolute Gasteiger partial charge is 0.508 e. The summed E-state index contributed by atoms with van der Waals surface area (Å²) in [6.07, 6.45) is 5.50. The van der Waals surface area contributed by atoms with Crippen molar-refractivity contribution in [1.29, 1.82) is 0 Å². The quantitative estimate of drug-likeness (QED) is 0.584. The number of anilines is 1. The number of nitrogens with zero attached hydrogens (tertiary/aromatic N) is 3. The predicted octanol–water partition coefficient (Wildman–Crippen LogP) is 5.71. The standard InChI is InChI=1S/C24H25N3O3S2/c1-26-19-14-18(30-2)12-13-20(19)31-23(26)21-22(29)27(16-6-4-3-5-7-16)24(32-21)25-15-8-10-17(28)11-9-15/h8-14,16,28H,3-7H2,1-2H3/b23-21-,25-24?. The molecular weight excluding hydrogens is 442 g/mol. The molecule has 0 atom stereocenters. The summed E-state index contributed by atoms with van der Waals surface area (Å²) in [5, 5.41) is 11.3. The molecule has 6 nitrogen and oxygen atoms in total. The highest BCUT2D eigenvalue weighted by Crippen LogP contribution is 2.51. The first kappa shape index (κ1) is 21.3. The van der Waals surface area contributed by atoms with Crippen molar-refractivity contribution in [3.05, 3.63) is 52.4 Å². The lowest BCUT2D eigenvalue weighted by atomic mass is 9.94. The number of methoxy groups -OCH3 is 1. The van der Waals surface area contributed by atoms with Gasteiger partial charge in [0, 0.05) is 24.1 Å². The Kier molecular flexibility index (Phi) is 5.82. The average Bonchev–Trinajstić information content (AvgIpc) is 3.31. The van der Waals surface area contributed by atoms with Crippen molar-refractivity contribution in [2.75, 3.05) is 19.1 Å². The lowest BCUT2D eigenvalue weighted by Crippen LogP contribution is -2.40. The van der Waals surface area contributed by atoms with E-state index in [0.29, 0.717) is 0 Å². The molecule has 2 heterocycles. The molecular formula is C24H25N3O3S2. The van der Waals surface area contributed by atoms with Crippen molar-refractivity contribution in [1.82, 2.24) is 4.90 Å². The molecule has 1 saturated heterocycles. The van der Waals surface area contributed by atoms with Gasteiger partial charge in [-0.25, -0.2) is 4.99 Å². The van der Waals surface area contributed by atoms with Gasteiger partial charge < -0.3 is 14.7 Å². The van der Waals surface area contributed by atoms with Crippen LogP contribution in [0.4, 0.5) is 11.4 Å². The Morgan fingerprint density at radius 2 is 1.81 bits per heavy atom. The zero-order valence-electron chi connectivity index (χ0n) is 18.1. The number of ether oxygens (including phenoxy) is 1. The van der Waals surface area contributed by atoms with Crippen molar-refractivity contribution in [2.45, 2.75) is 43.0 Å². The number of phenolic OH excluding ortho intramolecular Hbond substituents is 1. The van der Waals surface area contributed by atoms with E-state index in [0.717, 1.165) is 62.8 Å². The molecule has 166 valence electrons. The molecule has 32 heavy (non-hydrogen) atoms. The smallest absolute Gasteiger partial charge is 0.269 e. The van der Waals surface area contributed by atoms with Crippen LogP contribution >= 0.6 is 23.5 Å². The lowest BCUT2D eigenvalue weighted by Gasteiger charge is -2.30. The van der Waals surface area contributed by atoms with Gasteiger partial charge in [0.1, 0.15) is 16.4 Å². The number of amides is 1. The second-order valence-electron chi connectivity index (χ2n) is 8.11. The normalized spacial score (nSPS) is 22.7. The van der Waals surface area contributed by atoms with Crippen LogP contribution in [-0.4, -0.2) is 41.3 Å². The first-order chi connectivity index (χ1) is 15.5. The highest BCUT2D eigenvalue weighted by atomic mass is 32.2. The van der Waals surface area contributed by atoms with Crippen LogP contribution < -0.4 is 9.64 Å². The van der Waals surface area contributed by atoms with Crippen molar-refractivity contribution in [3.8, 4) is 11.5 Å². The van der Waals surface area contributed by atoms with E-state index in [9.17, 15) is 9.90 Å². The average molecular weight is 468 g/mol. The zero-order valence-corrected chi connectivity index (χ0v) is 19.7.